The van der Waals surface area contributed by atoms with Gasteiger partial charge < -0.3 is 15.7 Å². The number of rotatable bonds is 5. The topological polar surface area (TPSA) is 95.5 Å². The highest BCUT2D eigenvalue weighted by molar-refractivity contribution is 7.14. The van der Waals surface area contributed by atoms with E-state index in [1.807, 2.05) is 0 Å². The second-order valence-corrected chi connectivity index (χ2v) is 6.19. The number of amides is 2. The van der Waals surface area contributed by atoms with Crippen molar-refractivity contribution in [1.29, 1.82) is 0 Å². The maximum Gasteiger partial charge on any atom is 0.338 e. The van der Waals surface area contributed by atoms with Crippen LogP contribution in [0.15, 0.2) is 11.4 Å². The molecule has 0 spiro atoms. The van der Waals surface area contributed by atoms with Crippen LogP contribution in [0, 0.1) is 5.41 Å². The van der Waals surface area contributed by atoms with Gasteiger partial charge in [0.15, 0.2) is 0 Å². The van der Waals surface area contributed by atoms with Gasteiger partial charge in [0.25, 0.3) is 0 Å². The molecule has 20 heavy (non-hydrogen) atoms. The molecule has 6 nitrogen and oxygen atoms in total. The highest BCUT2D eigenvalue weighted by atomic mass is 32.1. The quantitative estimate of drug-likeness (QED) is 0.774. The average Bonchev–Trinajstić information content (AvgIpc) is 2.75. The van der Waals surface area contributed by atoms with E-state index in [4.69, 9.17) is 5.11 Å². The minimum atomic E-state index is -1.08. The van der Waals surface area contributed by atoms with Crippen molar-refractivity contribution >= 4 is 34.1 Å². The van der Waals surface area contributed by atoms with Crippen molar-refractivity contribution in [2.75, 3.05) is 11.9 Å². The van der Waals surface area contributed by atoms with E-state index < -0.39 is 11.4 Å². The molecule has 1 aromatic rings. The molecule has 0 unspecified atom stereocenters. The molecular formula is C13H18N2O4S. The lowest BCUT2D eigenvalue weighted by molar-refractivity contribution is -0.128. The zero-order chi connectivity index (χ0) is 15.3. The molecule has 2 amide bonds. The minimum absolute atomic E-state index is 0.0714. The van der Waals surface area contributed by atoms with Crippen molar-refractivity contribution < 1.29 is 19.5 Å². The van der Waals surface area contributed by atoms with E-state index in [1.165, 1.54) is 6.07 Å². The van der Waals surface area contributed by atoms with Crippen molar-refractivity contribution in [3.8, 4) is 0 Å². The Bertz CT molecular complexity index is 517. The molecule has 0 aromatic carbocycles. The standard InChI is InChI=1S/C13H18N2O4S/c1-13(2,3)12(19)14-6-4-9(16)15-10-8(11(17)18)5-7-20-10/h5,7H,4,6H2,1-3H3,(H,14,19)(H,15,16)(H,17,18). The van der Waals surface area contributed by atoms with Crippen LogP contribution in [-0.4, -0.2) is 29.4 Å². The molecule has 1 aromatic heterocycles. The predicted octanol–water partition coefficient (Wildman–Crippen LogP) is 1.94. The Hall–Kier alpha value is -1.89. The number of nitrogens with one attached hydrogen (secondary N) is 2. The SMILES string of the molecule is CC(C)(C)C(=O)NCCC(=O)Nc1sccc1C(=O)O. The highest BCUT2D eigenvalue weighted by Gasteiger charge is 2.20. The van der Waals surface area contributed by atoms with Gasteiger partial charge in [0.05, 0.1) is 5.56 Å². The maximum atomic E-state index is 11.7. The number of carboxylic acids is 1. The van der Waals surface area contributed by atoms with Gasteiger partial charge in [0.1, 0.15) is 5.00 Å². The van der Waals surface area contributed by atoms with Crippen LogP contribution < -0.4 is 10.6 Å². The first-order chi connectivity index (χ1) is 9.21. The molecule has 0 saturated heterocycles. The van der Waals surface area contributed by atoms with E-state index in [1.54, 1.807) is 26.2 Å². The third kappa shape index (κ3) is 4.65. The first-order valence-corrected chi connectivity index (χ1v) is 6.98. The van der Waals surface area contributed by atoms with E-state index in [9.17, 15) is 14.4 Å². The molecule has 1 heterocycles. The largest absolute Gasteiger partial charge is 0.478 e. The summed E-state index contributed by atoms with van der Waals surface area (Å²) >= 11 is 1.15. The van der Waals surface area contributed by atoms with Crippen molar-refractivity contribution in [2.24, 2.45) is 5.41 Å². The van der Waals surface area contributed by atoms with Gasteiger partial charge in [-0.05, 0) is 11.4 Å². The zero-order valence-electron chi connectivity index (χ0n) is 11.6. The molecule has 0 bridgehead atoms. The molecule has 0 atom stereocenters. The molecule has 110 valence electrons. The van der Waals surface area contributed by atoms with Gasteiger partial charge in [0.2, 0.25) is 11.8 Å². The lowest BCUT2D eigenvalue weighted by Gasteiger charge is -2.17. The van der Waals surface area contributed by atoms with Gasteiger partial charge >= 0.3 is 5.97 Å². The molecule has 0 saturated carbocycles. The van der Waals surface area contributed by atoms with Crippen molar-refractivity contribution in [3.05, 3.63) is 17.0 Å². The van der Waals surface area contributed by atoms with Crippen molar-refractivity contribution in [1.82, 2.24) is 5.32 Å². The monoisotopic (exact) mass is 298 g/mol. The van der Waals surface area contributed by atoms with Crippen LogP contribution in [-0.2, 0) is 9.59 Å². The molecule has 0 aliphatic carbocycles. The van der Waals surface area contributed by atoms with Crippen molar-refractivity contribution in [2.45, 2.75) is 27.2 Å². The van der Waals surface area contributed by atoms with Gasteiger partial charge in [0, 0.05) is 18.4 Å². The summed E-state index contributed by atoms with van der Waals surface area (Å²) in [6, 6.07) is 1.43. The fourth-order valence-corrected chi connectivity index (χ4v) is 2.11. The molecule has 0 aliphatic rings. The fourth-order valence-electron chi connectivity index (χ4n) is 1.32. The van der Waals surface area contributed by atoms with Crippen LogP contribution in [0.5, 0.6) is 0 Å². The Morgan fingerprint density at radius 2 is 1.95 bits per heavy atom. The van der Waals surface area contributed by atoms with Crippen LogP contribution in [0.25, 0.3) is 0 Å². The normalized spacial score (nSPS) is 10.9. The molecule has 0 radical (unpaired) electrons. The van der Waals surface area contributed by atoms with Crippen LogP contribution in [0.3, 0.4) is 0 Å². The first kappa shape index (κ1) is 16.2. The Kier molecular flexibility index (Phi) is 5.26. The second kappa shape index (κ2) is 6.51. The van der Waals surface area contributed by atoms with Crippen LogP contribution in [0.1, 0.15) is 37.6 Å². The number of carboxylic acid groups (broad SMARTS) is 1. The summed E-state index contributed by atoms with van der Waals surface area (Å²) in [7, 11) is 0. The molecule has 3 N–H and O–H groups in total. The fraction of sp³-hybridized carbons (Fsp3) is 0.462. The van der Waals surface area contributed by atoms with E-state index in [0.717, 1.165) is 11.3 Å². The lowest BCUT2D eigenvalue weighted by Crippen LogP contribution is -2.36. The summed E-state index contributed by atoms with van der Waals surface area (Å²) in [6.07, 6.45) is 0.0960. The Labute approximate surface area is 121 Å². The summed E-state index contributed by atoms with van der Waals surface area (Å²) < 4.78 is 0. The smallest absolute Gasteiger partial charge is 0.338 e. The molecule has 7 heteroatoms. The van der Waals surface area contributed by atoms with Crippen LogP contribution >= 0.6 is 11.3 Å². The summed E-state index contributed by atoms with van der Waals surface area (Å²) in [5.41, 5.74) is -0.428. The highest BCUT2D eigenvalue weighted by Crippen LogP contribution is 2.23. The van der Waals surface area contributed by atoms with Crippen molar-refractivity contribution in [3.63, 3.8) is 0 Å². The van der Waals surface area contributed by atoms with Gasteiger partial charge in [-0.2, -0.15) is 0 Å². The summed E-state index contributed by atoms with van der Waals surface area (Å²) in [5, 5.41) is 16.0. The lowest BCUT2D eigenvalue weighted by atomic mass is 9.96. The van der Waals surface area contributed by atoms with Gasteiger partial charge in [-0.3, -0.25) is 9.59 Å². The Morgan fingerprint density at radius 1 is 1.30 bits per heavy atom. The first-order valence-electron chi connectivity index (χ1n) is 6.10. The number of hydrogen-bond donors (Lipinski definition) is 3. The molecule has 0 fully saturated rings. The third-order valence-corrected chi connectivity index (χ3v) is 3.30. The minimum Gasteiger partial charge on any atom is -0.478 e. The van der Waals surface area contributed by atoms with E-state index >= 15 is 0 Å². The van der Waals surface area contributed by atoms with Gasteiger partial charge in [-0.25, -0.2) is 4.79 Å². The summed E-state index contributed by atoms with van der Waals surface area (Å²) in [6.45, 7) is 5.57. The maximum absolute atomic E-state index is 11.7. The number of anilines is 1. The molecule has 0 aliphatic heterocycles. The Balaban J connectivity index is 2.43. The zero-order valence-corrected chi connectivity index (χ0v) is 12.5. The number of thiophene rings is 1. The number of aromatic carboxylic acids is 1. The summed E-state index contributed by atoms with van der Waals surface area (Å²) in [5.74, 6) is -1.54. The van der Waals surface area contributed by atoms with Crippen LogP contribution in [0.2, 0.25) is 0 Å². The molecule has 1 rings (SSSR count). The van der Waals surface area contributed by atoms with E-state index in [2.05, 4.69) is 10.6 Å². The number of hydrogen-bond acceptors (Lipinski definition) is 4. The van der Waals surface area contributed by atoms with E-state index in [0.29, 0.717) is 5.00 Å². The van der Waals surface area contributed by atoms with E-state index in [-0.39, 0.29) is 30.3 Å². The number of carbonyl (C=O) groups excluding carboxylic acids is 2. The predicted molar refractivity (Wildman–Crippen MR) is 77.0 cm³/mol. The summed E-state index contributed by atoms with van der Waals surface area (Å²) in [4.78, 5) is 34.1. The molecular weight excluding hydrogens is 280 g/mol. The van der Waals surface area contributed by atoms with Gasteiger partial charge in [-0.15, -0.1) is 11.3 Å². The van der Waals surface area contributed by atoms with Gasteiger partial charge in [-0.1, -0.05) is 20.8 Å². The third-order valence-electron chi connectivity index (χ3n) is 2.47. The number of carbonyl (C=O) groups is 3. The average molecular weight is 298 g/mol. The Morgan fingerprint density at radius 3 is 2.50 bits per heavy atom. The second-order valence-electron chi connectivity index (χ2n) is 5.27. The van der Waals surface area contributed by atoms with Crippen LogP contribution in [0.4, 0.5) is 5.00 Å².